The summed E-state index contributed by atoms with van der Waals surface area (Å²) in [6.07, 6.45) is 0. The number of carbonyl (C=O) groups excluding carboxylic acids is 1. The molecule has 0 saturated carbocycles. The maximum Gasteiger partial charge on any atom is 0.408 e. The Morgan fingerprint density at radius 2 is 2.18 bits per heavy atom. The molecule has 0 amide bonds. The van der Waals surface area contributed by atoms with E-state index in [1.165, 1.54) is 0 Å². The molecule has 1 heterocycles. The Balaban J connectivity index is 2.46. The normalized spacial score (nSPS) is 10.2. The average molecular weight is 234 g/mol. The highest BCUT2D eigenvalue weighted by molar-refractivity contribution is 5.87. The Bertz CT molecular complexity index is 522. The first-order valence-corrected chi connectivity index (χ1v) is 5.05. The summed E-state index contributed by atoms with van der Waals surface area (Å²) in [5, 5.41) is 14.9. The highest BCUT2D eigenvalue weighted by Gasteiger charge is 2.28. The van der Waals surface area contributed by atoms with Crippen molar-refractivity contribution in [1.29, 1.82) is 0 Å². The van der Waals surface area contributed by atoms with Crippen molar-refractivity contribution in [1.82, 2.24) is 5.27 Å². The van der Waals surface area contributed by atoms with Crippen molar-refractivity contribution in [3.63, 3.8) is 0 Å². The molecule has 0 N–H and O–H groups in total. The second-order valence-corrected chi connectivity index (χ2v) is 3.18. The summed E-state index contributed by atoms with van der Waals surface area (Å²) in [4.78, 5) is 11.6. The van der Waals surface area contributed by atoms with Crippen molar-refractivity contribution in [2.45, 2.75) is 6.92 Å². The molecular weight excluding hydrogens is 224 g/mol. The van der Waals surface area contributed by atoms with Gasteiger partial charge < -0.3 is 14.4 Å². The molecule has 2 rings (SSSR count). The predicted octanol–water partition coefficient (Wildman–Crippen LogP) is 0.202. The Morgan fingerprint density at radius 3 is 2.82 bits per heavy atom. The first kappa shape index (κ1) is 11.1. The molecule has 2 aromatic rings. The maximum absolute atomic E-state index is 11.6. The van der Waals surface area contributed by atoms with E-state index in [-0.39, 0.29) is 12.3 Å². The lowest BCUT2D eigenvalue weighted by Crippen LogP contribution is -2.39. The summed E-state index contributed by atoms with van der Waals surface area (Å²) in [6, 6.07) is 8.73. The lowest BCUT2D eigenvalue weighted by molar-refractivity contribution is -0.672. The Kier molecular flexibility index (Phi) is 3.04. The molecule has 0 saturated heterocycles. The summed E-state index contributed by atoms with van der Waals surface area (Å²) in [5.41, 5.74) is 0.319. The van der Waals surface area contributed by atoms with Gasteiger partial charge in [0.25, 0.3) is 0 Å². The van der Waals surface area contributed by atoms with Crippen molar-refractivity contribution in [3.05, 3.63) is 36.0 Å². The van der Waals surface area contributed by atoms with Crippen LogP contribution in [-0.4, -0.2) is 17.8 Å². The van der Waals surface area contributed by atoms with Gasteiger partial charge in [0, 0.05) is 12.1 Å². The zero-order valence-electron chi connectivity index (χ0n) is 9.12. The summed E-state index contributed by atoms with van der Waals surface area (Å²) >= 11 is 0. The van der Waals surface area contributed by atoms with Crippen molar-refractivity contribution >= 4 is 5.97 Å². The van der Waals surface area contributed by atoms with E-state index in [0.29, 0.717) is 5.69 Å². The van der Waals surface area contributed by atoms with Gasteiger partial charge >= 0.3 is 11.7 Å². The summed E-state index contributed by atoms with van der Waals surface area (Å²) in [6.45, 7) is 1.83. The molecule has 88 valence electrons. The molecular formula is C11H10N2O4. The van der Waals surface area contributed by atoms with E-state index < -0.39 is 11.9 Å². The number of nitrogens with zero attached hydrogens (tertiary/aromatic N) is 2. The van der Waals surface area contributed by atoms with Crippen molar-refractivity contribution in [2.24, 2.45) is 0 Å². The highest BCUT2D eigenvalue weighted by Crippen LogP contribution is 2.11. The molecule has 6 nitrogen and oxygen atoms in total. The molecule has 6 heteroatoms. The van der Waals surface area contributed by atoms with Gasteiger partial charge in [-0.3, -0.25) is 0 Å². The molecule has 0 spiro atoms. The molecule has 0 bridgehead atoms. The van der Waals surface area contributed by atoms with Crippen LogP contribution in [0.4, 0.5) is 0 Å². The number of aromatic nitrogens is 2. The second kappa shape index (κ2) is 4.65. The Hall–Kier alpha value is -2.37. The highest BCUT2D eigenvalue weighted by atomic mass is 16.6. The van der Waals surface area contributed by atoms with Gasteiger partial charge in [0.15, 0.2) is 5.95 Å². The lowest BCUT2D eigenvalue weighted by Gasteiger charge is -1.98. The molecule has 1 aromatic carbocycles. The number of ether oxygens (including phenoxy) is 1. The number of carbonyl (C=O) groups is 1. The third-order valence-electron chi connectivity index (χ3n) is 2.08. The minimum absolute atomic E-state index is 0.179. The standard InChI is InChI=1S/C11H10N2O4/c1-2-16-10(14)9-11(15)17-12-13(9)8-6-4-3-5-7-8/h3-7H,2H2,1H3. The van der Waals surface area contributed by atoms with E-state index in [0.717, 1.165) is 4.68 Å². The van der Waals surface area contributed by atoms with E-state index >= 15 is 0 Å². The first-order chi connectivity index (χ1) is 8.24. The monoisotopic (exact) mass is 234 g/mol. The van der Waals surface area contributed by atoms with Crippen LogP contribution in [0.5, 0.6) is 5.95 Å². The van der Waals surface area contributed by atoms with Gasteiger partial charge in [-0.15, -0.1) is 0 Å². The van der Waals surface area contributed by atoms with Crippen molar-refractivity contribution in [2.75, 3.05) is 6.61 Å². The number of rotatable bonds is 3. The molecule has 17 heavy (non-hydrogen) atoms. The zero-order chi connectivity index (χ0) is 12.3. The molecule has 0 atom stereocenters. The van der Waals surface area contributed by atoms with Crippen molar-refractivity contribution < 1.29 is 23.8 Å². The Labute approximate surface area is 97.0 Å². The minimum atomic E-state index is -0.813. The number of benzene rings is 1. The fraction of sp³-hybridized carbons (Fsp3) is 0.182. The fourth-order valence-electron chi connectivity index (χ4n) is 1.36. The summed E-state index contributed by atoms with van der Waals surface area (Å²) < 4.78 is 10.4. The summed E-state index contributed by atoms with van der Waals surface area (Å²) in [7, 11) is 0. The average Bonchev–Trinajstić information content (AvgIpc) is 2.73. The molecule has 0 aliphatic carbocycles. The number of hydrogen-bond acceptors (Lipinski definition) is 5. The van der Waals surface area contributed by atoms with E-state index in [2.05, 4.69) is 9.79 Å². The molecule has 0 unspecified atom stereocenters. The SMILES string of the molecule is CCOC(=O)c1c([O-])on[n+]1-c1ccccc1. The topological polar surface area (TPSA) is 79.3 Å². The van der Waals surface area contributed by atoms with Gasteiger partial charge in [0.1, 0.15) is 0 Å². The van der Waals surface area contributed by atoms with E-state index in [1.54, 1.807) is 31.2 Å². The van der Waals surface area contributed by atoms with E-state index in [1.807, 2.05) is 6.07 Å². The van der Waals surface area contributed by atoms with Gasteiger partial charge in [-0.05, 0) is 11.6 Å². The quantitative estimate of drug-likeness (QED) is 0.560. The minimum Gasteiger partial charge on any atom is -0.538 e. The van der Waals surface area contributed by atoms with E-state index in [9.17, 15) is 9.90 Å². The largest absolute Gasteiger partial charge is 0.538 e. The van der Waals surface area contributed by atoms with Crippen LogP contribution in [0, 0.1) is 0 Å². The van der Waals surface area contributed by atoms with Gasteiger partial charge in [-0.2, -0.15) is 0 Å². The van der Waals surface area contributed by atoms with Crippen molar-refractivity contribution in [3.8, 4) is 11.6 Å². The Morgan fingerprint density at radius 1 is 1.47 bits per heavy atom. The van der Waals surface area contributed by atoms with Crippen LogP contribution in [0.3, 0.4) is 0 Å². The van der Waals surface area contributed by atoms with Crippen LogP contribution >= 0.6 is 0 Å². The zero-order valence-corrected chi connectivity index (χ0v) is 9.12. The third-order valence-corrected chi connectivity index (χ3v) is 2.08. The van der Waals surface area contributed by atoms with Crippen LogP contribution in [0.25, 0.3) is 5.69 Å². The fourth-order valence-corrected chi connectivity index (χ4v) is 1.36. The van der Waals surface area contributed by atoms with Crippen LogP contribution in [0.1, 0.15) is 17.4 Å². The predicted molar refractivity (Wildman–Crippen MR) is 53.4 cm³/mol. The van der Waals surface area contributed by atoms with Gasteiger partial charge in [-0.25, -0.2) is 4.79 Å². The van der Waals surface area contributed by atoms with Gasteiger partial charge in [0.05, 0.1) is 11.9 Å². The second-order valence-electron chi connectivity index (χ2n) is 3.18. The summed E-state index contributed by atoms with van der Waals surface area (Å²) in [5.74, 6) is -1.56. The van der Waals surface area contributed by atoms with Crippen LogP contribution < -0.4 is 9.79 Å². The molecule has 0 fully saturated rings. The van der Waals surface area contributed by atoms with E-state index in [4.69, 9.17) is 4.74 Å². The van der Waals surface area contributed by atoms with Crippen LogP contribution in [-0.2, 0) is 4.74 Å². The molecule has 1 aromatic heterocycles. The number of para-hydroxylation sites is 1. The first-order valence-electron chi connectivity index (χ1n) is 5.05. The van der Waals surface area contributed by atoms with Gasteiger partial charge in [0.2, 0.25) is 5.69 Å². The number of esters is 1. The smallest absolute Gasteiger partial charge is 0.408 e. The third kappa shape index (κ3) is 2.10. The maximum atomic E-state index is 11.6. The van der Waals surface area contributed by atoms with Crippen LogP contribution in [0.15, 0.2) is 34.9 Å². The lowest BCUT2D eigenvalue weighted by atomic mass is 10.3. The van der Waals surface area contributed by atoms with Gasteiger partial charge in [-0.1, -0.05) is 18.2 Å². The molecule has 0 aliphatic rings. The molecule has 0 radical (unpaired) electrons. The number of hydrogen-bond donors (Lipinski definition) is 0. The molecule has 0 aliphatic heterocycles. The van der Waals surface area contributed by atoms with Crippen LogP contribution in [0.2, 0.25) is 0 Å².